The summed E-state index contributed by atoms with van der Waals surface area (Å²) in [6.07, 6.45) is 1.98. The summed E-state index contributed by atoms with van der Waals surface area (Å²) >= 11 is 0. The normalized spacial score (nSPS) is 20.0. The predicted octanol–water partition coefficient (Wildman–Crippen LogP) is 1.59. The monoisotopic (exact) mass is 298 g/mol. The van der Waals surface area contributed by atoms with Gasteiger partial charge in [-0.3, -0.25) is 0 Å². The molecule has 6 heteroatoms. The Morgan fingerprint density at radius 3 is 2.70 bits per heavy atom. The average molecular weight is 298 g/mol. The molecule has 1 atom stereocenters. The fourth-order valence-corrected chi connectivity index (χ4v) is 3.97. The number of ether oxygens (including phenoxy) is 1. The van der Waals surface area contributed by atoms with Gasteiger partial charge in [-0.25, -0.2) is 13.1 Å². The van der Waals surface area contributed by atoms with Crippen molar-refractivity contribution in [3.8, 4) is 0 Å². The highest BCUT2D eigenvalue weighted by atomic mass is 32.2. The number of rotatable bonds is 4. The molecule has 0 aromatic heterocycles. The van der Waals surface area contributed by atoms with E-state index >= 15 is 0 Å². The average Bonchev–Trinajstić information content (AvgIpc) is 2.42. The summed E-state index contributed by atoms with van der Waals surface area (Å²) in [5.74, 6) is 0.241. The fraction of sp³-hybridized carbons (Fsp3) is 0.571. The number of hydrogen-bond acceptors (Lipinski definition) is 4. The minimum atomic E-state index is -3.57. The van der Waals surface area contributed by atoms with Crippen molar-refractivity contribution >= 4 is 15.7 Å². The van der Waals surface area contributed by atoms with Crippen LogP contribution in [0.3, 0.4) is 0 Å². The highest BCUT2D eigenvalue weighted by Crippen LogP contribution is 2.26. The molecule has 1 unspecified atom stereocenters. The zero-order chi connectivity index (χ0) is 14.8. The van der Waals surface area contributed by atoms with Crippen LogP contribution in [0.5, 0.6) is 0 Å². The largest absolute Gasteiger partial charge is 0.397 e. The maximum absolute atomic E-state index is 12.4. The maximum atomic E-state index is 12.4. The van der Waals surface area contributed by atoms with Crippen molar-refractivity contribution in [3.05, 3.63) is 23.3 Å². The molecule has 5 nitrogen and oxygen atoms in total. The topological polar surface area (TPSA) is 81.4 Å². The van der Waals surface area contributed by atoms with E-state index in [2.05, 4.69) is 4.72 Å². The van der Waals surface area contributed by atoms with E-state index in [0.29, 0.717) is 24.4 Å². The van der Waals surface area contributed by atoms with Crippen molar-refractivity contribution in [2.45, 2.75) is 31.6 Å². The second-order valence-electron chi connectivity index (χ2n) is 5.38. The summed E-state index contributed by atoms with van der Waals surface area (Å²) in [6, 6.07) is 3.61. The minimum absolute atomic E-state index is 0.203. The third-order valence-corrected chi connectivity index (χ3v) is 5.32. The van der Waals surface area contributed by atoms with Crippen LogP contribution in [0.2, 0.25) is 0 Å². The molecule has 1 aliphatic heterocycles. The Kier molecular flexibility index (Phi) is 4.67. The minimum Gasteiger partial charge on any atom is -0.397 e. The first-order valence-corrected chi connectivity index (χ1v) is 8.33. The van der Waals surface area contributed by atoms with Gasteiger partial charge in [0.15, 0.2) is 0 Å². The summed E-state index contributed by atoms with van der Waals surface area (Å²) in [6.45, 7) is 5.35. The number of nitrogens with two attached hydrogens (primary N) is 1. The molecule has 1 aromatic rings. The van der Waals surface area contributed by atoms with E-state index in [1.54, 1.807) is 13.0 Å². The van der Waals surface area contributed by atoms with Crippen molar-refractivity contribution < 1.29 is 13.2 Å². The molecule has 0 radical (unpaired) electrons. The van der Waals surface area contributed by atoms with Crippen LogP contribution < -0.4 is 10.5 Å². The van der Waals surface area contributed by atoms with Gasteiger partial charge in [0, 0.05) is 13.2 Å². The molecule has 112 valence electrons. The SMILES string of the molecule is Cc1ccc(C)c(S(=O)(=O)NCC2CCCOC2)c1N. The quantitative estimate of drug-likeness (QED) is 0.827. The smallest absolute Gasteiger partial charge is 0.242 e. The Balaban J connectivity index is 2.16. The lowest BCUT2D eigenvalue weighted by Gasteiger charge is -2.22. The molecule has 2 rings (SSSR count). The predicted molar refractivity (Wildman–Crippen MR) is 79.1 cm³/mol. The van der Waals surface area contributed by atoms with Gasteiger partial charge in [0.1, 0.15) is 4.90 Å². The molecule has 0 bridgehead atoms. The van der Waals surface area contributed by atoms with Gasteiger partial charge in [0.05, 0.1) is 12.3 Å². The van der Waals surface area contributed by atoms with E-state index in [1.807, 2.05) is 13.0 Å². The van der Waals surface area contributed by atoms with Crippen LogP contribution in [0.1, 0.15) is 24.0 Å². The number of benzene rings is 1. The van der Waals surface area contributed by atoms with Crippen molar-refractivity contribution in [3.63, 3.8) is 0 Å². The van der Waals surface area contributed by atoms with Gasteiger partial charge in [-0.15, -0.1) is 0 Å². The van der Waals surface area contributed by atoms with Gasteiger partial charge in [-0.2, -0.15) is 0 Å². The molecular formula is C14H22N2O3S. The lowest BCUT2D eigenvalue weighted by Crippen LogP contribution is -2.34. The summed E-state index contributed by atoms with van der Waals surface area (Å²) in [5, 5.41) is 0. The maximum Gasteiger partial charge on any atom is 0.242 e. The first kappa shape index (κ1) is 15.3. The van der Waals surface area contributed by atoms with Gasteiger partial charge in [-0.1, -0.05) is 12.1 Å². The number of nitrogens with one attached hydrogen (secondary N) is 1. The number of hydrogen-bond donors (Lipinski definition) is 2. The highest BCUT2D eigenvalue weighted by Gasteiger charge is 2.23. The second kappa shape index (κ2) is 6.11. The Morgan fingerprint density at radius 1 is 1.35 bits per heavy atom. The number of sulfonamides is 1. The van der Waals surface area contributed by atoms with Gasteiger partial charge in [-0.05, 0) is 43.7 Å². The molecule has 1 saturated heterocycles. The van der Waals surface area contributed by atoms with Crippen LogP contribution in [-0.4, -0.2) is 28.2 Å². The van der Waals surface area contributed by atoms with Crippen LogP contribution >= 0.6 is 0 Å². The fourth-order valence-electron chi connectivity index (χ4n) is 2.43. The molecule has 1 fully saturated rings. The Labute approximate surface area is 120 Å². The van der Waals surface area contributed by atoms with Crippen LogP contribution in [0.15, 0.2) is 17.0 Å². The zero-order valence-corrected chi connectivity index (χ0v) is 12.8. The van der Waals surface area contributed by atoms with Gasteiger partial charge < -0.3 is 10.5 Å². The van der Waals surface area contributed by atoms with E-state index < -0.39 is 10.0 Å². The number of aryl methyl sites for hydroxylation is 2. The van der Waals surface area contributed by atoms with Crippen LogP contribution in [0.4, 0.5) is 5.69 Å². The lowest BCUT2D eigenvalue weighted by atomic mass is 10.0. The number of anilines is 1. The van der Waals surface area contributed by atoms with E-state index in [-0.39, 0.29) is 10.8 Å². The molecule has 0 amide bonds. The Morgan fingerprint density at radius 2 is 2.05 bits per heavy atom. The summed E-state index contributed by atoms with van der Waals surface area (Å²) in [5.41, 5.74) is 7.71. The Hall–Kier alpha value is -1.11. The van der Waals surface area contributed by atoms with Crippen molar-refractivity contribution in [1.29, 1.82) is 0 Å². The summed E-state index contributed by atoms with van der Waals surface area (Å²) in [4.78, 5) is 0.203. The molecule has 1 aromatic carbocycles. The first-order chi connectivity index (χ1) is 9.42. The van der Waals surface area contributed by atoms with E-state index in [1.165, 1.54) is 0 Å². The molecule has 1 heterocycles. The van der Waals surface area contributed by atoms with E-state index in [9.17, 15) is 8.42 Å². The molecule has 20 heavy (non-hydrogen) atoms. The zero-order valence-electron chi connectivity index (χ0n) is 12.0. The standard InChI is InChI=1S/C14H22N2O3S/c1-10-5-6-11(2)14(13(10)15)20(17,18)16-8-12-4-3-7-19-9-12/h5-6,12,16H,3-4,7-9,15H2,1-2H3. The van der Waals surface area contributed by atoms with E-state index in [0.717, 1.165) is 25.0 Å². The van der Waals surface area contributed by atoms with Crippen molar-refractivity contribution in [1.82, 2.24) is 4.72 Å². The van der Waals surface area contributed by atoms with Crippen molar-refractivity contribution in [2.24, 2.45) is 5.92 Å². The highest BCUT2D eigenvalue weighted by molar-refractivity contribution is 7.89. The molecule has 0 aliphatic carbocycles. The molecule has 3 N–H and O–H groups in total. The molecule has 0 saturated carbocycles. The third-order valence-electron chi connectivity index (χ3n) is 3.70. The third kappa shape index (κ3) is 3.31. The molecule has 0 spiro atoms. The number of nitrogen functional groups attached to an aromatic ring is 1. The summed E-state index contributed by atoms with van der Waals surface area (Å²) < 4.78 is 32.9. The van der Waals surface area contributed by atoms with Crippen LogP contribution in [0, 0.1) is 19.8 Å². The molecular weight excluding hydrogens is 276 g/mol. The van der Waals surface area contributed by atoms with Gasteiger partial charge in [0.25, 0.3) is 0 Å². The Bertz CT molecular complexity index is 578. The van der Waals surface area contributed by atoms with Crippen LogP contribution in [-0.2, 0) is 14.8 Å². The van der Waals surface area contributed by atoms with E-state index in [4.69, 9.17) is 10.5 Å². The molecule has 1 aliphatic rings. The second-order valence-corrected chi connectivity index (χ2v) is 7.08. The van der Waals surface area contributed by atoms with Crippen molar-refractivity contribution in [2.75, 3.05) is 25.5 Å². The first-order valence-electron chi connectivity index (χ1n) is 6.85. The van der Waals surface area contributed by atoms with Crippen LogP contribution in [0.25, 0.3) is 0 Å². The summed E-state index contributed by atoms with van der Waals surface area (Å²) in [7, 11) is -3.57. The van der Waals surface area contributed by atoms with Gasteiger partial charge >= 0.3 is 0 Å². The van der Waals surface area contributed by atoms with Gasteiger partial charge in [0.2, 0.25) is 10.0 Å². The lowest BCUT2D eigenvalue weighted by molar-refractivity contribution is 0.0568.